The van der Waals surface area contributed by atoms with Crippen LogP contribution in [0.4, 0.5) is 13.2 Å². The number of halogens is 3. The number of nitrogens with zero attached hydrogens (tertiary/aromatic N) is 3. The van der Waals surface area contributed by atoms with Crippen LogP contribution in [-0.2, 0) is 22.9 Å². The summed E-state index contributed by atoms with van der Waals surface area (Å²) >= 11 is 1.35. The first kappa shape index (κ1) is 25.6. The first-order chi connectivity index (χ1) is 16.5. The first-order valence-corrected chi connectivity index (χ1v) is 12.7. The van der Waals surface area contributed by atoms with Gasteiger partial charge in [0.2, 0.25) is 0 Å². The second-order valence-corrected chi connectivity index (χ2v) is 11.0. The minimum atomic E-state index is -4.60. The van der Waals surface area contributed by atoms with E-state index in [9.17, 15) is 18.0 Å². The molecule has 1 saturated heterocycles. The minimum Gasteiger partial charge on any atom is -0.376 e. The van der Waals surface area contributed by atoms with Crippen molar-refractivity contribution in [3.05, 3.63) is 45.2 Å². The molecule has 1 aliphatic carbocycles. The van der Waals surface area contributed by atoms with Crippen LogP contribution in [-0.4, -0.2) is 28.9 Å². The number of amides is 1. The molecule has 2 fully saturated rings. The molecular formula is C25H30F3N3O3S. The van der Waals surface area contributed by atoms with Crippen LogP contribution >= 0.6 is 11.3 Å². The van der Waals surface area contributed by atoms with Gasteiger partial charge in [0, 0.05) is 17.7 Å². The van der Waals surface area contributed by atoms with Gasteiger partial charge in [-0.2, -0.15) is 18.2 Å². The Bertz CT molecular complexity index is 1160. The molecule has 1 aromatic heterocycles. The van der Waals surface area contributed by atoms with Crippen molar-refractivity contribution in [1.29, 1.82) is 0 Å². The third kappa shape index (κ3) is 6.41. The largest absolute Gasteiger partial charge is 0.416 e. The standard InChI is InChI=1S/C25H30F3N3O3S/c1-24(2,3)21-15-31(14-18-9-6-12-33-18)23(35-21)29-22(32)19-13-16(25(26,27)28)10-11-20(19)34-30-17-7-4-5-8-17/h10-11,13,15,18H,4-9,12,14H2,1-3H3. The molecule has 0 N–H and O–H groups in total. The van der Waals surface area contributed by atoms with Gasteiger partial charge in [-0.25, -0.2) is 0 Å². The van der Waals surface area contributed by atoms with Crippen molar-refractivity contribution in [2.24, 2.45) is 10.1 Å². The van der Waals surface area contributed by atoms with Crippen LogP contribution in [0.3, 0.4) is 0 Å². The highest BCUT2D eigenvalue weighted by Gasteiger charge is 2.32. The molecule has 0 bridgehead atoms. The van der Waals surface area contributed by atoms with E-state index in [0.29, 0.717) is 18.0 Å². The van der Waals surface area contributed by atoms with E-state index >= 15 is 0 Å². The number of carbonyl (C=O) groups excluding carboxylic acids is 1. The van der Waals surface area contributed by atoms with E-state index in [1.54, 1.807) is 0 Å². The normalized spacial score (nSPS) is 19.4. The van der Waals surface area contributed by atoms with Gasteiger partial charge in [0.05, 0.1) is 29.5 Å². The summed E-state index contributed by atoms with van der Waals surface area (Å²) in [5.41, 5.74) is -0.549. The van der Waals surface area contributed by atoms with Crippen molar-refractivity contribution in [2.75, 3.05) is 6.61 Å². The number of hydrogen-bond donors (Lipinski definition) is 0. The number of hydrogen-bond acceptors (Lipinski definition) is 5. The summed E-state index contributed by atoms with van der Waals surface area (Å²) in [5.74, 6) is -0.842. The van der Waals surface area contributed by atoms with Gasteiger partial charge in [-0.15, -0.1) is 11.3 Å². The van der Waals surface area contributed by atoms with E-state index in [0.717, 1.165) is 67.3 Å². The second-order valence-electron chi connectivity index (χ2n) is 10.00. The predicted molar refractivity (Wildman–Crippen MR) is 128 cm³/mol. The number of thiazole rings is 1. The molecule has 1 aliphatic heterocycles. The van der Waals surface area contributed by atoms with Crippen LogP contribution in [0.15, 0.2) is 34.5 Å². The van der Waals surface area contributed by atoms with Gasteiger partial charge in [-0.3, -0.25) is 4.79 Å². The zero-order valence-electron chi connectivity index (χ0n) is 20.2. The van der Waals surface area contributed by atoms with E-state index in [4.69, 9.17) is 9.57 Å². The van der Waals surface area contributed by atoms with Gasteiger partial charge in [0.15, 0.2) is 10.6 Å². The first-order valence-electron chi connectivity index (χ1n) is 11.9. The molecule has 1 unspecified atom stereocenters. The van der Waals surface area contributed by atoms with E-state index in [1.165, 1.54) is 11.3 Å². The van der Waals surface area contributed by atoms with Crippen LogP contribution < -0.4 is 9.64 Å². The number of rotatable bonds is 5. The minimum absolute atomic E-state index is 0.0150. The molecule has 1 aromatic carbocycles. The van der Waals surface area contributed by atoms with Crippen LogP contribution in [0.1, 0.15) is 80.1 Å². The number of oxime groups is 1. The lowest BCUT2D eigenvalue weighted by atomic mass is 9.95. The van der Waals surface area contributed by atoms with Crippen LogP contribution in [0.25, 0.3) is 0 Å². The Morgan fingerprint density at radius 2 is 1.94 bits per heavy atom. The quantitative estimate of drug-likeness (QED) is 0.458. The number of aromatic nitrogens is 1. The summed E-state index contributed by atoms with van der Waals surface area (Å²) < 4.78 is 47.9. The highest BCUT2D eigenvalue weighted by atomic mass is 32.1. The molecule has 1 atom stereocenters. The van der Waals surface area contributed by atoms with Gasteiger partial charge < -0.3 is 14.1 Å². The molecule has 10 heteroatoms. The SMILES string of the molecule is CC(C)(C)c1cn(CC2CCCO2)c(=NC(=O)c2cc(C(F)(F)F)ccc2ON=C2CCCC2)s1. The van der Waals surface area contributed by atoms with Crippen LogP contribution in [0.2, 0.25) is 0 Å². The highest BCUT2D eigenvalue weighted by molar-refractivity contribution is 7.09. The summed E-state index contributed by atoms with van der Waals surface area (Å²) in [7, 11) is 0. The maximum absolute atomic E-state index is 13.4. The predicted octanol–water partition coefficient (Wildman–Crippen LogP) is 6.09. The van der Waals surface area contributed by atoms with Gasteiger partial charge >= 0.3 is 6.18 Å². The summed E-state index contributed by atoms with van der Waals surface area (Å²) in [4.78, 5) is 24.4. The molecule has 1 saturated carbocycles. The van der Waals surface area contributed by atoms with Gasteiger partial charge in [-0.1, -0.05) is 25.9 Å². The number of carbonyl (C=O) groups is 1. The Kier molecular flexibility index (Phi) is 7.51. The molecule has 2 heterocycles. The van der Waals surface area contributed by atoms with Crippen molar-refractivity contribution in [3.8, 4) is 5.75 Å². The second kappa shape index (κ2) is 10.3. The molecule has 4 rings (SSSR count). The summed E-state index contributed by atoms with van der Waals surface area (Å²) in [6.45, 7) is 7.39. The molecule has 2 aromatic rings. The highest BCUT2D eigenvalue weighted by Crippen LogP contribution is 2.33. The van der Waals surface area contributed by atoms with Crippen LogP contribution in [0, 0.1) is 0 Å². The number of ether oxygens (including phenoxy) is 1. The lowest BCUT2D eigenvalue weighted by molar-refractivity contribution is -0.137. The van der Waals surface area contributed by atoms with E-state index < -0.39 is 17.6 Å². The Hall–Kier alpha value is -2.46. The number of alkyl halides is 3. The average Bonchev–Trinajstić information content (AvgIpc) is 3.54. The van der Waals surface area contributed by atoms with Gasteiger partial charge in [0.1, 0.15) is 0 Å². The molecule has 2 aliphatic rings. The van der Waals surface area contributed by atoms with Crippen molar-refractivity contribution in [2.45, 2.75) is 83.5 Å². The zero-order chi connectivity index (χ0) is 25.2. The lowest BCUT2D eigenvalue weighted by Gasteiger charge is -2.15. The fourth-order valence-electron chi connectivity index (χ4n) is 4.04. The molecule has 0 radical (unpaired) electrons. The molecule has 6 nitrogen and oxygen atoms in total. The Morgan fingerprint density at radius 3 is 2.57 bits per heavy atom. The molecule has 190 valence electrons. The fraction of sp³-hybridized carbons (Fsp3) is 0.560. The van der Waals surface area contributed by atoms with Crippen molar-refractivity contribution in [1.82, 2.24) is 4.57 Å². The maximum atomic E-state index is 13.4. The summed E-state index contributed by atoms with van der Waals surface area (Å²) in [6.07, 6.45) is 2.80. The molecule has 0 spiro atoms. The third-order valence-electron chi connectivity index (χ3n) is 6.07. The lowest BCUT2D eigenvalue weighted by Crippen LogP contribution is -2.23. The average molecular weight is 510 g/mol. The molecule has 1 amide bonds. The third-order valence-corrected chi connectivity index (χ3v) is 7.52. The fourth-order valence-corrected chi connectivity index (χ4v) is 5.10. The smallest absolute Gasteiger partial charge is 0.376 e. The Labute approximate surface area is 206 Å². The molecule has 35 heavy (non-hydrogen) atoms. The van der Waals surface area contributed by atoms with Crippen molar-refractivity contribution >= 4 is 23.0 Å². The van der Waals surface area contributed by atoms with Gasteiger partial charge in [0.25, 0.3) is 5.91 Å². The van der Waals surface area contributed by atoms with Gasteiger partial charge in [-0.05, 0) is 62.1 Å². The summed E-state index contributed by atoms with van der Waals surface area (Å²) in [5, 5.41) is 4.08. The topological polar surface area (TPSA) is 65.2 Å². The van der Waals surface area contributed by atoms with E-state index in [-0.39, 0.29) is 22.8 Å². The monoisotopic (exact) mass is 509 g/mol. The van der Waals surface area contributed by atoms with Crippen molar-refractivity contribution < 1.29 is 27.5 Å². The van der Waals surface area contributed by atoms with E-state index in [2.05, 4.69) is 30.9 Å². The van der Waals surface area contributed by atoms with E-state index in [1.807, 2.05) is 10.8 Å². The Morgan fingerprint density at radius 1 is 1.20 bits per heavy atom. The number of benzene rings is 1. The van der Waals surface area contributed by atoms with Crippen molar-refractivity contribution in [3.63, 3.8) is 0 Å². The Balaban J connectivity index is 1.73. The maximum Gasteiger partial charge on any atom is 0.416 e. The molecular weight excluding hydrogens is 479 g/mol. The zero-order valence-corrected chi connectivity index (χ0v) is 21.0. The van der Waals surface area contributed by atoms with Crippen LogP contribution in [0.5, 0.6) is 5.75 Å². The summed E-state index contributed by atoms with van der Waals surface area (Å²) in [6, 6.07) is 2.82.